The summed E-state index contributed by atoms with van der Waals surface area (Å²) in [6.45, 7) is 10.9. The predicted molar refractivity (Wildman–Crippen MR) is 149 cm³/mol. The van der Waals surface area contributed by atoms with Crippen LogP contribution in [0, 0.1) is 0 Å². The molecule has 0 saturated carbocycles. The highest BCUT2D eigenvalue weighted by Gasteiger charge is 2.16. The molecule has 1 fully saturated rings. The van der Waals surface area contributed by atoms with E-state index in [1.807, 2.05) is 45.0 Å². The summed E-state index contributed by atoms with van der Waals surface area (Å²) in [7, 11) is 1.77. The smallest absolute Gasteiger partial charge is 0.251 e. The lowest BCUT2D eigenvalue weighted by Gasteiger charge is -2.22. The van der Waals surface area contributed by atoms with Crippen LogP contribution in [0.4, 0.5) is 5.69 Å². The fraction of sp³-hybridized carbons (Fsp3) is 0.462. The van der Waals surface area contributed by atoms with E-state index in [2.05, 4.69) is 57.0 Å². The summed E-state index contributed by atoms with van der Waals surface area (Å²) in [6, 6.07) is 16.6. The number of guanidine groups is 1. The third-order valence-corrected chi connectivity index (χ3v) is 5.56. The zero-order valence-corrected chi connectivity index (χ0v) is 22.8. The van der Waals surface area contributed by atoms with E-state index in [4.69, 9.17) is 0 Å². The van der Waals surface area contributed by atoms with Crippen molar-refractivity contribution in [3.05, 3.63) is 65.2 Å². The molecule has 2 aromatic rings. The lowest BCUT2D eigenvalue weighted by Crippen LogP contribution is -2.40. The normalized spacial score (nSPS) is 14.9. The van der Waals surface area contributed by atoms with E-state index in [1.54, 1.807) is 7.05 Å². The second-order valence-electron chi connectivity index (χ2n) is 9.49. The third-order valence-electron chi connectivity index (χ3n) is 5.56. The quantitative estimate of drug-likeness (QED) is 0.267. The van der Waals surface area contributed by atoms with E-state index in [1.165, 1.54) is 24.1 Å². The molecule has 3 rings (SSSR count). The Labute approximate surface area is 215 Å². The summed E-state index contributed by atoms with van der Waals surface area (Å²) in [6.07, 6.45) is 2.54. The van der Waals surface area contributed by atoms with Gasteiger partial charge >= 0.3 is 0 Å². The first-order valence-corrected chi connectivity index (χ1v) is 11.5. The van der Waals surface area contributed by atoms with Crippen molar-refractivity contribution in [1.29, 1.82) is 0 Å². The van der Waals surface area contributed by atoms with Crippen LogP contribution in [0.15, 0.2) is 53.5 Å². The fourth-order valence-electron chi connectivity index (χ4n) is 3.87. The maximum Gasteiger partial charge on any atom is 0.251 e. The first kappa shape index (κ1) is 27.0. The molecule has 2 aromatic carbocycles. The minimum atomic E-state index is -0.264. The van der Waals surface area contributed by atoms with Gasteiger partial charge < -0.3 is 20.9 Å². The summed E-state index contributed by atoms with van der Waals surface area (Å²) in [4.78, 5) is 19.3. The number of amides is 1. The van der Waals surface area contributed by atoms with Crippen LogP contribution in [0.5, 0.6) is 0 Å². The minimum Gasteiger partial charge on any atom is -0.372 e. The first-order valence-electron chi connectivity index (χ1n) is 11.5. The van der Waals surface area contributed by atoms with Crippen molar-refractivity contribution in [2.75, 3.05) is 25.0 Å². The molecular formula is C26H38IN5O. The number of nitrogens with one attached hydrogen (secondary N) is 3. The van der Waals surface area contributed by atoms with Gasteiger partial charge in [0.25, 0.3) is 5.91 Å². The van der Waals surface area contributed by atoms with Gasteiger partial charge in [-0.05, 0) is 75.9 Å². The number of carbonyl (C=O) groups is 1. The van der Waals surface area contributed by atoms with E-state index in [-0.39, 0.29) is 41.5 Å². The highest BCUT2D eigenvalue weighted by molar-refractivity contribution is 14.0. The van der Waals surface area contributed by atoms with Crippen LogP contribution in [0.25, 0.3) is 0 Å². The molecule has 1 unspecified atom stereocenters. The Morgan fingerprint density at radius 3 is 2.45 bits per heavy atom. The van der Waals surface area contributed by atoms with Gasteiger partial charge in [0.2, 0.25) is 0 Å². The van der Waals surface area contributed by atoms with E-state index in [0.717, 1.165) is 24.6 Å². The Morgan fingerprint density at radius 2 is 1.79 bits per heavy atom. The number of carbonyl (C=O) groups excluding carboxylic acids is 1. The van der Waals surface area contributed by atoms with Gasteiger partial charge in [0.15, 0.2) is 5.96 Å². The van der Waals surface area contributed by atoms with Gasteiger partial charge in [0, 0.05) is 43.5 Å². The zero-order valence-electron chi connectivity index (χ0n) is 20.4. The molecule has 0 aromatic heterocycles. The number of benzene rings is 2. The van der Waals surface area contributed by atoms with Crippen LogP contribution in [-0.2, 0) is 6.54 Å². The monoisotopic (exact) mass is 563 g/mol. The number of halogens is 1. The van der Waals surface area contributed by atoms with Crippen molar-refractivity contribution in [3.8, 4) is 0 Å². The van der Waals surface area contributed by atoms with Gasteiger partial charge in [-0.25, -0.2) is 0 Å². The molecule has 3 N–H and O–H groups in total. The van der Waals surface area contributed by atoms with E-state index in [0.29, 0.717) is 12.1 Å². The molecule has 0 bridgehead atoms. The molecule has 6 nitrogen and oxygen atoms in total. The highest BCUT2D eigenvalue weighted by Crippen LogP contribution is 2.24. The third kappa shape index (κ3) is 8.21. The summed E-state index contributed by atoms with van der Waals surface area (Å²) in [5, 5.41) is 9.86. The van der Waals surface area contributed by atoms with E-state index >= 15 is 0 Å². The molecule has 1 heterocycles. The largest absolute Gasteiger partial charge is 0.372 e. The van der Waals surface area contributed by atoms with Crippen LogP contribution < -0.4 is 20.9 Å². The number of aliphatic imine (C=N–C) groups is 1. The summed E-state index contributed by atoms with van der Waals surface area (Å²) >= 11 is 0. The van der Waals surface area contributed by atoms with Crippen LogP contribution in [0.3, 0.4) is 0 Å². The Hall–Kier alpha value is -2.29. The second-order valence-corrected chi connectivity index (χ2v) is 9.49. The fourth-order valence-corrected chi connectivity index (χ4v) is 3.87. The van der Waals surface area contributed by atoms with Gasteiger partial charge in [0.05, 0.1) is 6.04 Å². The average Bonchev–Trinajstić information content (AvgIpc) is 3.30. The molecule has 1 aliphatic heterocycles. The zero-order chi connectivity index (χ0) is 23.1. The summed E-state index contributed by atoms with van der Waals surface area (Å²) in [5.74, 6) is 0.669. The number of anilines is 1. The molecule has 1 saturated heterocycles. The Morgan fingerprint density at radius 1 is 1.09 bits per heavy atom. The number of nitrogens with zero attached hydrogens (tertiary/aromatic N) is 2. The van der Waals surface area contributed by atoms with E-state index in [9.17, 15) is 4.79 Å². The Kier molecular flexibility index (Phi) is 10.0. The molecule has 1 amide bonds. The van der Waals surface area contributed by atoms with E-state index < -0.39 is 0 Å². The van der Waals surface area contributed by atoms with Crippen molar-refractivity contribution in [1.82, 2.24) is 16.0 Å². The van der Waals surface area contributed by atoms with Gasteiger partial charge in [0.1, 0.15) is 0 Å². The lowest BCUT2D eigenvalue weighted by atomic mass is 10.1. The summed E-state index contributed by atoms with van der Waals surface area (Å²) in [5.41, 5.74) is 3.95. The van der Waals surface area contributed by atoms with Crippen molar-refractivity contribution < 1.29 is 4.79 Å². The number of hydrogen-bond acceptors (Lipinski definition) is 3. The average molecular weight is 564 g/mol. The molecule has 0 spiro atoms. The molecule has 7 heteroatoms. The lowest BCUT2D eigenvalue weighted by molar-refractivity contribution is 0.0919. The molecule has 0 radical (unpaired) electrons. The number of hydrogen-bond donors (Lipinski definition) is 3. The van der Waals surface area contributed by atoms with Crippen LogP contribution in [0.2, 0.25) is 0 Å². The van der Waals surface area contributed by atoms with Crippen molar-refractivity contribution in [2.24, 2.45) is 4.99 Å². The summed E-state index contributed by atoms with van der Waals surface area (Å²) < 4.78 is 0. The molecule has 180 valence electrons. The maximum absolute atomic E-state index is 12.5. The van der Waals surface area contributed by atoms with Gasteiger partial charge in [-0.15, -0.1) is 24.0 Å². The minimum absolute atomic E-state index is 0. The van der Waals surface area contributed by atoms with Crippen LogP contribution in [-0.4, -0.2) is 37.5 Å². The molecule has 1 atom stereocenters. The van der Waals surface area contributed by atoms with Crippen LogP contribution in [0.1, 0.15) is 68.1 Å². The highest BCUT2D eigenvalue weighted by atomic mass is 127. The molecule has 33 heavy (non-hydrogen) atoms. The maximum atomic E-state index is 12.5. The predicted octanol–water partition coefficient (Wildman–Crippen LogP) is 4.86. The van der Waals surface area contributed by atoms with Gasteiger partial charge in [-0.1, -0.05) is 24.3 Å². The molecule has 0 aliphatic carbocycles. The first-order chi connectivity index (χ1) is 15.2. The second kappa shape index (κ2) is 12.3. The Balaban J connectivity index is 0.00000385. The van der Waals surface area contributed by atoms with Crippen molar-refractivity contribution in [2.45, 2.75) is 58.7 Å². The van der Waals surface area contributed by atoms with Crippen molar-refractivity contribution in [3.63, 3.8) is 0 Å². The standard InChI is InChI=1S/C26H37N5O.HI/c1-19(21-11-9-13-23(17-21)31-14-6-7-15-31)29-25(27-5)28-18-20-10-8-12-22(16-20)24(32)30-26(2,3)4;/h8-13,16-17,19H,6-7,14-15,18H2,1-5H3,(H,30,32)(H2,27,28,29);1H. The van der Waals surface area contributed by atoms with Crippen molar-refractivity contribution >= 4 is 41.5 Å². The van der Waals surface area contributed by atoms with Crippen LogP contribution >= 0.6 is 24.0 Å². The number of rotatable bonds is 6. The molecular weight excluding hydrogens is 525 g/mol. The Bertz CT molecular complexity index is 948. The van der Waals surface area contributed by atoms with Gasteiger partial charge in [-0.3, -0.25) is 9.79 Å². The van der Waals surface area contributed by atoms with Gasteiger partial charge in [-0.2, -0.15) is 0 Å². The molecule has 1 aliphatic rings. The SMILES string of the molecule is CN=C(NCc1cccc(C(=O)NC(C)(C)C)c1)NC(C)c1cccc(N2CCCC2)c1.I. The topological polar surface area (TPSA) is 68.8 Å².